The molecular weight excluding hydrogens is 985 g/mol. The fourth-order valence-electron chi connectivity index (χ4n) is 12.5. The molecule has 0 bridgehead atoms. The Bertz CT molecular complexity index is 4770. The normalized spacial score (nSPS) is 12.3. The van der Waals surface area contributed by atoms with Crippen molar-refractivity contribution < 1.29 is 0 Å². The van der Waals surface area contributed by atoms with Crippen molar-refractivity contribution >= 4 is 66.7 Å². The maximum Gasteiger partial charge on any atom is 0.164 e. The lowest BCUT2D eigenvalue weighted by Crippen LogP contribution is -2.30. The Labute approximate surface area is 467 Å². The van der Waals surface area contributed by atoms with Crippen molar-refractivity contribution in [2.45, 2.75) is 12.8 Å². The van der Waals surface area contributed by atoms with Gasteiger partial charge in [0, 0.05) is 71.3 Å². The molecule has 0 spiro atoms. The zero-order valence-corrected chi connectivity index (χ0v) is 44.2. The van der Waals surface area contributed by atoms with Crippen molar-refractivity contribution in [3.8, 4) is 84.6 Å². The summed E-state index contributed by atoms with van der Waals surface area (Å²) < 4.78 is 7.12. The summed E-state index contributed by atoms with van der Waals surface area (Å²) in [6.45, 7) is 0. The molecule has 0 saturated heterocycles. The molecule has 0 aliphatic heterocycles. The maximum absolute atomic E-state index is 5.31. The lowest BCUT2D eigenvalue weighted by atomic mass is 10.0. The molecule has 0 radical (unpaired) electrons. The van der Waals surface area contributed by atoms with Crippen LogP contribution in [0.25, 0.3) is 151 Å². The highest BCUT2D eigenvalue weighted by Crippen LogP contribution is 2.37. The third kappa shape index (κ3) is 7.90. The van der Waals surface area contributed by atoms with Crippen molar-refractivity contribution in [3.05, 3.63) is 277 Å². The molecule has 0 N–H and O–H groups in total. The molecule has 11 aromatic carbocycles. The molecule has 81 heavy (non-hydrogen) atoms. The quantitative estimate of drug-likeness (QED) is 0.145. The molecule has 15 aromatic rings. The van der Waals surface area contributed by atoms with Gasteiger partial charge in [-0.05, 0) is 131 Å². The van der Waals surface area contributed by atoms with Gasteiger partial charge in [-0.2, -0.15) is 0 Å². The molecular formula is C75H50N6. The van der Waals surface area contributed by atoms with Crippen LogP contribution in [0.4, 0.5) is 0 Å². The highest BCUT2D eigenvalue weighted by Gasteiger charge is 2.18. The van der Waals surface area contributed by atoms with E-state index in [1.807, 2.05) is 0 Å². The van der Waals surface area contributed by atoms with E-state index in [1.165, 1.54) is 65.1 Å². The average Bonchev–Trinajstić information content (AvgIpc) is 4.34. The SMILES string of the molecule is C1=c2c(n(-c3ccc(-c4cccc(-c5nc(-c6cccc(-c7ccc(-n8c9ccccc9c9ccccc98)cc7)c6)nc(-c6cccc(-c7ccc(-n8c9ccccc9c9ccccc98)cc7)c6)n5)c4)cc3)c3ccccc23)=CCC1. The van der Waals surface area contributed by atoms with Crippen LogP contribution in [0.15, 0.2) is 267 Å². The Morgan fingerprint density at radius 1 is 0.235 bits per heavy atom. The first kappa shape index (κ1) is 46.4. The summed E-state index contributed by atoms with van der Waals surface area (Å²) in [5.41, 5.74) is 18.6. The van der Waals surface area contributed by atoms with Crippen molar-refractivity contribution in [1.29, 1.82) is 0 Å². The first-order valence-corrected chi connectivity index (χ1v) is 27.8. The van der Waals surface area contributed by atoms with Crippen molar-refractivity contribution in [2.24, 2.45) is 0 Å². The zero-order chi connectivity index (χ0) is 53.4. The van der Waals surface area contributed by atoms with E-state index in [0.717, 1.165) is 80.0 Å². The van der Waals surface area contributed by atoms with E-state index in [4.69, 9.17) is 15.0 Å². The molecule has 4 heterocycles. The van der Waals surface area contributed by atoms with Gasteiger partial charge in [-0.3, -0.25) is 0 Å². The second-order valence-corrected chi connectivity index (χ2v) is 21.1. The first-order valence-electron chi connectivity index (χ1n) is 27.8. The molecule has 0 amide bonds. The predicted octanol–water partition coefficient (Wildman–Crippen LogP) is 17.4. The van der Waals surface area contributed by atoms with E-state index in [9.17, 15) is 0 Å². The maximum atomic E-state index is 5.31. The Morgan fingerprint density at radius 2 is 0.531 bits per heavy atom. The van der Waals surface area contributed by atoms with Crippen LogP contribution in [0.5, 0.6) is 0 Å². The molecule has 0 saturated carbocycles. The number of para-hydroxylation sites is 5. The number of rotatable bonds is 9. The average molecular weight is 1040 g/mol. The van der Waals surface area contributed by atoms with Gasteiger partial charge in [-0.1, -0.05) is 194 Å². The van der Waals surface area contributed by atoms with Gasteiger partial charge in [-0.15, -0.1) is 0 Å². The number of hydrogen-bond acceptors (Lipinski definition) is 3. The summed E-state index contributed by atoms with van der Waals surface area (Å²) in [6, 6.07) is 95.7. The highest BCUT2D eigenvalue weighted by molar-refractivity contribution is 6.10. The number of benzene rings is 11. The van der Waals surface area contributed by atoms with Gasteiger partial charge in [0.05, 0.1) is 27.6 Å². The topological polar surface area (TPSA) is 53.5 Å². The predicted molar refractivity (Wildman–Crippen MR) is 335 cm³/mol. The van der Waals surface area contributed by atoms with E-state index in [2.05, 4.69) is 293 Å². The van der Waals surface area contributed by atoms with Crippen LogP contribution in [-0.2, 0) is 0 Å². The standard InChI is InChI=1S/C75H50N6/c1-7-28-67-61(22-1)62-23-2-8-29-68(62)79(67)58-40-34-49(35-41-58)52-16-13-19-55(46-52)73-76-74(56-20-14-17-53(47-56)50-36-42-59(43-37-50)80-69-30-9-3-24-63(69)64-25-4-10-31-70(64)80)78-75(77-73)57-21-15-18-54(48-57)51-38-44-60(45-39-51)81-71-32-11-5-26-65(71)66-27-6-12-33-72(66)81/h1-5,7-11,13-48H,6,12H2. The second kappa shape index (κ2) is 19.0. The molecule has 16 rings (SSSR count). The Kier molecular flexibility index (Phi) is 10.9. The second-order valence-electron chi connectivity index (χ2n) is 21.1. The molecule has 0 unspecified atom stereocenters. The molecule has 0 atom stereocenters. The number of fused-ring (bicyclic) bond motifs is 9. The Balaban J connectivity index is 0.775. The molecule has 6 nitrogen and oxygen atoms in total. The number of aromatic nitrogens is 6. The zero-order valence-electron chi connectivity index (χ0n) is 44.2. The first-order chi connectivity index (χ1) is 40.1. The van der Waals surface area contributed by atoms with Gasteiger partial charge >= 0.3 is 0 Å². The summed E-state index contributed by atoms with van der Waals surface area (Å²) in [5.74, 6) is 1.81. The minimum Gasteiger partial charge on any atom is -0.310 e. The third-order valence-corrected chi connectivity index (χ3v) is 16.3. The molecule has 380 valence electrons. The van der Waals surface area contributed by atoms with Gasteiger partial charge in [0.15, 0.2) is 17.5 Å². The third-order valence-electron chi connectivity index (χ3n) is 16.3. The minimum atomic E-state index is 0.603. The lowest BCUT2D eigenvalue weighted by Gasteiger charge is -2.13. The molecule has 1 aliphatic carbocycles. The van der Waals surface area contributed by atoms with E-state index in [-0.39, 0.29) is 0 Å². The summed E-state index contributed by atoms with van der Waals surface area (Å²) in [6.07, 6.45) is 6.88. The van der Waals surface area contributed by atoms with Crippen molar-refractivity contribution in [2.75, 3.05) is 0 Å². The van der Waals surface area contributed by atoms with Crippen LogP contribution in [0, 0.1) is 0 Å². The van der Waals surface area contributed by atoms with Gasteiger partial charge in [0.1, 0.15) is 0 Å². The monoisotopic (exact) mass is 1030 g/mol. The van der Waals surface area contributed by atoms with Crippen molar-refractivity contribution in [3.63, 3.8) is 0 Å². The van der Waals surface area contributed by atoms with E-state index in [1.54, 1.807) is 0 Å². The summed E-state index contributed by atoms with van der Waals surface area (Å²) in [4.78, 5) is 15.9. The van der Waals surface area contributed by atoms with Crippen LogP contribution < -0.4 is 10.6 Å². The van der Waals surface area contributed by atoms with Crippen LogP contribution in [0.3, 0.4) is 0 Å². The highest BCUT2D eigenvalue weighted by atomic mass is 15.0. The minimum absolute atomic E-state index is 0.603. The fraction of sp³-hybridized carbons (Fsp3) is 0.0267. The van der Waals surface area contributed by atoms with E-state index in [0.29, 0.717) is 17.5 Å². The van der Waals surface area contributed by atoms with Gasteiger partial charge in [0.25, 0.3) is 0 Å². The largest absolute Gasteiger partial charge is 0.310 e. The molecule has 6 heteroatoms. The van der Waals surface area contributed by atoms with Crippen LogP contribution >= 0.6 is 0 Å². The summed E-state index contributed by atoms with van der Waals surface area (Å²) in [7, 11) is 0. The van der Waals surface area contributed by atoms with Gasteiger partial charge < -0.3 is 13.7 Å². The van der Waals surface area contributed by atoms with Crippen LogP contribution in [0.2, 0.25) is 0 Å². The van der Waals surface area contributed by atoms with Crippen molar-refractivity contribution in [1.82, 2.24) is 28.7 Å². The number of hydrogen-bond donors (Lipinski definition) is 0. The van der Waals surface area contributed by atoms with Gasteiger partial charge in [0.2, 0.25) is 0 Å². The summed E-state index contributed by atoms with van der Waals surface area (Å²) in [5, 5.41) is 8.89. The Hall–Kier alpha value is -10.7. The van der Waals surface area contributed by atoms with Gasteiger partial charge in [-0.25, -0.2) is 15.0 Å². The fourth-order valence-corrected chi connectivity index (χ4v) is 12.5. The molecule has 0 fully saturated rings. The Morgan fingerprint density at radius 3 is 0.901 bits per heavy atom. The molecule has 1 aliphatic rings. The smallest absolute Gasteiger partial charge is 0.164 e. The van der Waals surface area contributed by atoms with E-state index < -0.39 is 0 Å². The number of nitrogens with zero attached hydrogens (tertiary/aromatic N) is 6. The van der Waals surface area contributed by atoms with Crippen LogP contribution in [-0.4, -0.2) is 28.7 Å². The lowest BCUT2D eigenvalue weighted by molar-refractivity contribution is 1.02. The van der Waals surface area contributed by atoms with Crippen LogP contribution in [0.1, 0.15) is 12.8 Å². The molecule has 4 aromatic heterocycles. The summed E-state index contributed by atoms with van der Waals surface area (Å²) >= 11 is 0. The van der Waals surface area contributed by atoms with E-state index >= 15 is 0 Å².